The maximum Gasteiger partial charge on any atom is 0.208 e. The van der Waals surface area contributed by atoms with Gasteiger partial charge >= 0.3 is 0 Å². The SMILES string of the molecule is CC1=C(c2ccc(-c3cccc4c3CCCC4)c[n+]2C)C1. The Morgan fingerprint density at radius 2 is 1.81 bits per heavy atom. The number of nitrogens with zero attached hydrogens (tertiary/aromatic N) is 1. The molecule has 0 amide bonds. The molecule has 0 unspecified atom stereocenters. The average Bonchev–Trinajstić information content (AvgIpc) is 3.23. The van der Waals surface area contributed by atoms with Crippen molar-refractivity contribution in [3.63, 3.8) is 0 Å². The van der Waals surface area contributed by atoms with Crippen LogP contribution in [0.1, 0.15) is 43.0 Å². The van der Waals surface area contributed by atoms with Crippen molar-refractivity contribution in [2.75, 3.05) is 0 Å². The van der Waals surface area contributed by atoms with Crippen LogP contribution in [0.25, 0.3) is 16.7 Å². The molecule has 2 aliphatic carbocycles. The fraction of sp³-hybridized carbons (Fsp3) is 0.350. The number of pyridine rings is 1. The molecule has 2 aromatic rings. The van der Waals surface area contributed by atoms with Gasteiger partial charge in [-0.1, -0.05) is 23.8 Å². The second-order valence-corrected chi connectivity index (χ2v) is 6.50. The zero-order chi connectivity index (χ0) is 14.4. The molecule has 0 saturated heterocycles. The molecule has 1 aromatic carbocycles. The number of benzene rings is 1. The number of fused-ring (bicyclic) bond motifs is 1. The van der Waals surface area contributed by atoms with Gasteiger partial charge in [0.25, 0.3) is 0 Å². The molecule has 1 nitrogen and oxygen atoms in total. The summed E-state index contributed by atoms with van der Waals surface area (Å²) in [5.41, 5.74) is 10.4. The second-order valence-electron chi connectivity index (χ2n) is 6.50. The van der Waals surface area contributed by atoms with Gasteiger partial charge in [-0.3, -0.25) is 0 Å². The summed E-state index contributed by atoms with van der Waals surface area (Å²) in [5.74, 6) is 0. The third-order valence-electron chi connectivity index (χ3n) is 4.98. The Labute approximate surface area is 127 Å². The number of aromatic nitrogens is 1. The van der Waals surface area contributed by atoms with E-state index in [0.717, 1.165) is 0 Å². The summed E-state index contributed by atoms with van der Waals surface area (Å²) in [6.45, 7) is 2.23. The molecule has 2 aliphatic rings. The van der Waals surface area contributed by atoms with Gasteiger partial charge in [0.15, 0.2) is 6.20 Å². The Bertz CT molecular complexity index is 752. The van der Waals surface area contributed by atoms with Crippen molar-refractivity contribution in [3.8, 4) is 11.1 Å². The van der Waals surface area contributed by atoms with E-state index in [0.29, 0.717) is 0 Å². The molecule has 0 aliphatic heterocycles. The van der Waals surface area contributed by atoms with Gasteiger partial charge in [0, 0.05) is 23.6 Å². The Morgan fingerprint density at radius 1 is 1.00 bits per heavy atom. The van der Waals surface area contributed by atoms with E-state index in [2.05, 4.69) is 55.1 Å². The van der Waals surface area contributed by atoms with Gasteiger partial charge in [0.05, 0.1) is 0 Å². The Balaban J connectivity index is 1.79. The predicted molar refractivity (Wildman–Crippen MR) is 86.9 cm³/mol. The van der Waals surface area contributed by atoms with E-state index in [1.54, 1.807) is 11.1 Å². The van der Waals surface area contributed by atoms with Crippen LogP contribution in [-0.4, -0.2) is 0 Å². The van der Waals surface area contributed by atoms with Crippen LogP contribution in [0, 0.1) is 0 Å². The topological polar surface area (TPSA) is 3.88 Å². The molecule has 1 aromatic heterocycles. The van der Waals surface area contributed by atoms with Crippen molar-refractivity contribution in [1.29, 1.82) is 0 Å². The Hall–Kier alpha value is -1.89. The van der Waals surface area contributed by atoms with Gasteiger partial charge in [-0.15, -0.1) is 0 Å². The zero-order valence-electron chi connectivity index (χ0n) is 12.9. The lowest BCUT2D eigenvalue weighted by atomic mass is 9.86. The number of hydrogen-bond donors (Lipinski definition) is 0. The summed E-state index contributed by atoms with van der Waals surface area (Å²) in [6, 6.07) is 11.4. The average molecular weight is 276 g/mol. The molecule has 0 N–H and O–H groups in total. The number of allylic oxidation sites excluding steroid dienone is 2. The van der Waals surface area contributed by atoms with Crippen molar-refractivity contribution in [2.24, 2.45) is 7.05 Å². The summed E-state index contributed by atoms with van der Waals surface area (Å²) in [5, 5.41) is 0. The standard InChI is InChI=1S/C20H22N/c1-14-12-19(14)20-11-10-16(13-21(20)2)18-9-5-7-15-6-3-4-8-17(15)18/h5,7,9-11,13H,3-4,6,8,12H2,1-2H3/q+1. The van der Waals surface area contributed by atoms with Crippen molar-refractivity contribution in [1.82, 2.24) is 0 Å². The fourth-order valence-corrected chi connectivity index (χ4v) is 3.66. The summed E-state index contributed by atoms with van der Waals surface area (Å²) in [6.07, 6.45) is 8.66. The highest BCUT2D eigenvalue weighted by molar-refractivity contribution is 5.79. The van der Waals surface area contributed by atoms with Crippen LogP contribution in [0.3, 0.4) is 0 Å². The maximum atomic E-state index is 2.31. The van der Waals surface area contributed by atoms with Crippen molar-refractivity contribution >= 4 is 5.57 Å². The van der Waals surface area contributed by atoms with Gasteiger partial charge in [-0.05, 0) is 55.4 Å². The van der Waals surface area contributed by atoms with Crippen LogP contribution in [-0.2, 0) is 19.9 Å². The molecule has 0 fully saturated rings. The molecular formula is C20H22N+. The summed E-state index contributed by atoms with van der Waals surface area (Å²) >= 11 is 0. The maximum absolute atomic E-state index is 2.31. The van der Waals surface area contributed by atoms with Crippen molar-refractivity contribution in [3.05, 3.63) is 58.9 Å². The second kappa shape index (κ2) is 4.84. The first-order valence-corrected chi connectivity index (χ1v) is 8.04. The highest BCUT2D eigenvalue weighted by atomic mass is 14.9. The van der Waals surface area contributed by atoms with E-state index in [4.69, 9.17) is 0 Å². The largest absolute Gasteiger partial charge is 0.208 e. The van der Waals surface area contributed by atoms with E-state index in [9.17, 15) is 0 Å². The Kier molecular flexibility index (Phi) is 2.95. The van der Waals surface area contributed by atoms with E-state index in [1.165, 1.54) is 60.1 Å². The van der Waals surface area contributed by atoms with Gasteiger partial charge in [-0.25, -0.2) is 4.57 Å². The first kappa shape index (κ1) is 12.8. The van der Waals surface area contributed by atoms with Crippen LogP contribution in [0.2, 0.25) is 0 Å². The van der Waals surface area contributed by atoms with E-state index in [-0.39, 0.29) is 0 Å². The highest BCUT2D eigenvalue weighted by Crippen LogP contribution is 2.38. The highest BCUT2D eigenvalue weighted by Gasteiger charge is 2.26. The van der Waals surface area contributed by atoms with Crippen molar-refractivity contribution in [2.45, 2.75) is 39.0 Å². The normalized spacial score (nSPS) is 16.9. The molecule has 1 heterocycles. The smallest absolute Gasteiger partial charge is 0.201 e. The number of aryl methyl sites for hydroxylation is 2. The lowest BCUT2D eigenvalue weighted by molar-refractivity contribution is -0.673. The molecule has 21 heavy (non-hydrogen) atoms. The van der Waals surface area contributed by atoms with Crippen LogP contribution < -0.4 is 4.57 Å². The predicted octanol–water partition coefficient (Wildman–Crippen LogP) is 4.23. The zero-order valence-corrected chi connectivity index (χ0v) is 12.9. The molecule has 0 spiro atoms. The van der Waals surface area contributed by atoms with E-state index >= 15 is 0 Å². The number of hydrogen-bond acceptors (Lipinski definition) is 0. The fourth-order valence-electron chi connectivity index (χ4n) is 3.66. The quantitative estimate of drug-likeness (QED) is 0.723. The minimum absolute atomic E-state index is 1.19. The van der Waals surface area contributed by atoms with Gasteiger partial charge in [0.1, 0.15) is 7.05 Å². The first-order valence-electron chi connectivity index (χ1n) is 8.04. The monoisotopic (exact) mass is 276 g/mol. The van der Waals surface area contributed by atoms with E-state index in [1.807, 2.05) is 0 Å². The van der Waals surface area contributed by atoms with Gasteiger partial charge < -0.3 is 0 Å². The minimum Gasteiger partial charge on any atom is -0.201 e. The molecular weight excluding hydrogens is 254 g/mol. The van der Waals surface area contributed by atoms with Gasteiger partial charge in [-0.2, -0.15) is 0 Å². The molecule has 106 valence electrons. The molecule has 1 heteroatoms. The lowest BCUT2D eigenvalue weighted by Crippen LogP contribution is -2.32. The molecule has 0 radical (unpaired) electrons. The number of rotatable bonds is 2. The molecule has 0 atom stereocenters. The van der Waals surface area contributed by atoms with Crippen LogP contribution in [0.5, 0.6) is 0 Å². The van der Waals surface area contributed by atoms with Crippen molar-refractivity contribution < 1.29 is 4.57 Å². The summed E-state index contributed by atoms with van der Waals surface area (Å²) in [4.78, 5) is 0. The third kappa shape index (κ3) is 2.21. The Morgan fingerprint density at radius 3 is 2.57 bits per heavy atom. The van der Waals surface area contributed by atoms with Crippen LogP contribution in [0.4, 0.5) is 0 Å². The summed E-state index contributed by atoms with van der Waals surface area (Å²) in [7, 11) is 2.17. The third-order valence-corrected chi connectivity index (χ3v) is 4.98. The molecule has 0 saturated carbocycles. The van der Waals surface area contributed by atoms with Gasteiger partial charge in [0.2, 0.25) is 5.69 Å². The van der Waals surface area contributed by atoms with Crippen LogP contribution >= 0.6 is 0 Å². The lowest BCUT2D eigenvalue weighted by Gasteiger charge is -2.19. The molecule has 0 bridgehead atoms. The minimum atomic E-state index is 1.19. The first-order chi connectivity index (χ1) is 10.2. The van der Waals surface area contributed by atoms with Crippen LogP contribution in [0.15, 0.2) is 42.1 Å². The summed E-state index contributed by atoms with van der Waals surface area (Å²) < 4.78 is 2.30. The van der Waals surface area contributed by atoms with E-state index < -0.39 is 0 Å². The molecule has 4 rings (SSSR count).